The highest BCUT2D eigenvalue weighted by Crippen LogP contribution is 2.59. The van der Waals surface area contributed by atoms with Gasteiger partial charge in [-0.2, -0.15) is 0 Å². The molecule has 0 radical (unpaired) electrons. The zero-order valence-electron chi connectivity index (χ0n) is 11.2. The third kappa shape index (κ3) is 2.56. The fourth-order valence-corrected chi connectivity index (χ4v) is 2.66. The van der Waals surface area contributed by atoms with Gasteiger partial charge < -0.3 is 14.2 Å². The molecule has 0 spiro atoms. The maximum Gasteiger partial charge on any atom is 0.330 e. The molecule has 0 aromatic rings. The molecule has 2 rings (SSSR count). The minimum atomic E-state index is -0.468. The van der Waals surface area contributed by atoms with Crippen molar-refractivity contribution < 1.29 is 23.8 Å². The fourth-order valence-electron chi connectivity index (χ4n) is 2.66. The Morgan fingerprint density at radius 2 is 1.37 bits per heavy atom. The standard InChI is InChI=1S/C14H18O5/c1-17-11(15)5-9-13-7-3-4-8-14(13,19-13)10-6-12(16)18-2/h5-6,9-10H,3-4,7-8H2,1-2H3/b9-5+,10-6+/t13-,14+. The summed E-state index contributed by atoms with van der Waals surface area (Å²) in [6, 6.07) is 0. The minimum absolute atomic E-state index is 0.402. The van der Waals surface area contributed by atoms with Crippen LogP contribution in [-0.4, -0.2) is 37.4 Å². The number of ether oxygens (including phenoxy) is 3. The van der Waals surface area contributed by atoms with Crippen molar-refractivity contribution in [2.75, 3.05) is 14.2 Å². The summed E-state index contributed by atoms with van der Waals surface area (Å²) in [6.45, 7) is 0. The van der Waals surface area contributed by atoms with Gasteiger partial charge in [0.05, 0.1) is 14.2 Å². The Morgan fingerprint density at radius 3 is 1.74 bits per heavy atom. The van der Waals surface area contributed by atoms with Gasteiger partial charge in [-0.3, -0.25) is 0 Å². The molecular weight excluding hydrogens is 248 g/mol. The van der Waals surface area contributed by atoms with Crippen LogP contribution in [0.5, 0.6) is 0 Å². The molecule has 1 saturated heterocycles. The Hall–Kier alpha value is -1.62. The van der Waals surface area contributed by atoms with Gasteiger partial charge in [-0.15, -0.1) is 0 Å². The predicted octanol–water partition coefficient (Wildman–Crippen LogP) is 1.53. The van der Waals surface area contributed by atoms with Crippen molar-refractivity contribution in [1.29, 1.82) is 0 Å². The second-order valence-corrected chi connectivity index (χ2v) is 4.80. The maximum absolute atomic E-state index is 11.2. The molecule has 0 N–H and O–H groups in total. The van der Waals surface area contributed by atoms with Crippen molar-refractivity contribution in [3.05, 3.63) is 24.3 Å². The zero-order valence-corrected chi connectivity index (χ0v) is 11.2. The van der Waals surface area contributed by atoms with E-state index in [0.717, 1.165) is 25.7 Å². The molecule has 0 aromatic carbocycles. The zero-order chi connectivity index (χ0) is 13.9. The van der Waals surface area contributed by atoms with E-state index < -0.39 is 23.1 Å². The van der Waals surface area contributed by atoms with Crippen LogP contribution in [0, 0.1) is 0 Å². The summed E-state index contributed by atoms with van der Waals surface area (Å²) < 4.78 is 15.0. The quantitative estimate of drug-likeness (QED) is 0.438. The molecular formula is C14H18O5. The van der Waals surface area contributed by atoms with Crippen LogP contribution in [0.2, 0.25) is 0 Å². The molecule has 2 atom stereocenters. The molecule has 19 heavy (non-hydrogen) atoms. The Labute approximate surface area is 112 Å². The molecule has 0 unspecified atom stereocenters. The van der Waals surface area contributed by atoms with E-state index in [0.29, 0.717) is 0 Å². The molecule has 1 heterocycles. The van der Waals surface area contributed by atoms with Crippen molar-refractivity contribution in [1.82, 2.24) is 0 Å². The minimum Gasteiger partial charge on any atom is -0.466 e. The van der Waals surface area contributed by atoms with E-state index in [9.17, 15) is 9.59 Å². The third-order valence-electron chi connectivity index (χ3n) is 3.76. The van der Waals surface area contributed by atoms with E-state index in [-0.39, 0.29) is 0 Å². The first-order valence-corrected chi connectivity index (χ1v) is 6.32. The average Bonchev–Trinajstić information content (AvgIpc) is 3.12. The Bertz CT molecular complexity index is 399. The molecule has 5 heteroatoms. The molecule has 1 saturated carbocycles. The van der Waals surface area contributed by atoms with Crippen molar-refractivity contribution >= 4 is 11.9 Å². The molecule has 2 aliphatic rings. The van der Waals surface area contributed by atoms with E-state index in [1.54, 1.807) is 12.2 Å². The first-order chi connectivity index (χ1) is 9.07. The van der Waals surface area contributed by atoms with Crippen molar-refractivity contribution in [3.63, 3.8) is 0 Å². The summed E-state index contributed by atoms with van der Waals surface area (Å²) >= 11 is 0. The lowest BCUT2D eigenvalue weighted by molar-refractivity contribution is -0.135. The SMILES string of the molecule is COC(=O)/C=C/[C@@]12CCCC[C@]1(/C=C/C(=O)OC)O2. The normalized spacial score (nSPS) is 33.2. The van der Waals surface area contributed by atoms with E-state index in [2.05, 4.69) is 9.47 Å². The lowest BCUT2D eigenvalue weighted by Gasteiger charge is -2.19. The summed E-state index contributed by atoms with van der Waals surface area (Å²) in [7, 11) is 2.67. The number of methoxy groups -OCH3 is 2. The van der Waals surface area contributed by atoms with E-state index in [4.69, 9.17) is 4.74 Å². The van der Waals surface area contributed by atoms with Gasteiger partial charge in [-0.1, -0.05) is 0 Å². The highest BCUT2D eigenvalue weighted by atomic mass is 16.6. The summed E-state index contributed by atoms with van der Waals surface area (Å²) in [4.78, 5) is 22.4. The molecule has 1 aliphatic carbocycles. The Kier molecular flexibility index (Phi) is 3.75. The number of carbonyl (C=O) groups excluding carboxylic acids is 2. The van der Waals surface area contributed by atoms with Crippen molar-refractivity contribution in [2.24, 2.45) is 0 Å². The summed E-state index contributed by atoms with van der Waals surface area (Å²) in [5.74, 6) is -0.803. The monoisotopic (exact) mass is 266 g/mol. The molecule has 1 aliphatic heterocycles. The largest absolute Gasteiger partial charge is 0.466 e. The van der Waals surface area contributed by atoms with Gasteiger partial charge in [0.25, 0.3) is 0 Å². The van der Waals surface area contributed by atoms with Gasteiger partial charge in [0.1, 0.15) is 11.2 Å². The molecule has 104 valence electrons. The van der Waals surface area contributed by atoms with E-state index in [1.807, 2.05) is 0 Å². The van der Waals surface area contributed by atoms with Crippen LogP contribution in [0.4, 0.5) is 0 Å². The molecule has 0 bridgehead atoms. The van der Waals surface area contributed by atoms with Gasteiger partial charge in [0, 0.05) is 12.2 Å². The predicted molar refractivity (Wildman–Crippen MR) is 67.3 cm³/mol. The van der Waals surface area contributed by atoms with Gasteiger partial charge in [-0.05, 0) is 37.8 Å². The molecule has 0 amide bonds. The second kappa shape index (κ2) is 5.17. The summed E-state index contributed by atoms with van der Waals surface area (Å²) in [5.41, 5.74) is -0.937. The Morgan fingerprint density at radius 1 is 0.947 bits per heavy atom. The third-order valence-corrected chi connectivity index (χ3v) is 3.76. The smallest absolute Gasteiger partial charge is 0.330 e. The average molecular weight is 266 g/mol. The van der Waals surface area contributed by atoms with Crippen LogP contribution in [0.15, 0.2) is 24.3 Å². The maximum atomic E-state index is 11.2. The topological polar surface area (TPSA) is 65.1 Å². The lowest BCUT2D eigenvalue weighted by atomic mass is 9.79. The van der Waals surface area contributed by atoms with Gasteiger partial charge in [0.2, 0.25) is 0 Å². The van der Waals surface area contributed by atoms with E-state index in [1.165, 1.54) is 26.4 Å². The number of fused-ring (bicyclic) bond motifs is 1. The van der Waals surface area contributed by atoms with E-state index >= 15 is 0 Å². The second-order valence-electron chi connectivity index (χ2n) is 4.80. The van der Waals surface area contributed by atoms with Crippen molar-refractivity contribution in [3.8, 4) is 0 Å². The van der Waals surface area contributed by atoms with Crippen LogP contribution in [-0.2, 0) is 23.8 Å². The van der Waals surface area contributed by atoms with Crippen molar-refractivity contribution in [2.45, 2.75) is 36.9 Å². The number of carbonyl (C=O) groups is 2. The number of hydrogen-bond donors (Lipinski definition) is 0. The van der Waals surface area contributed by atoms with Crippen LogP contribution >= 0.6 is 0 Å². The molecule has 0 aromatic heterocycles. The summed E-state index contributed by atoms with van der Waals surface area (Å²) in [5, 5.41) is 0. The number of esters is 2. The highest BCUT2D eigenvalue weighted by molar-refractivity contribution is 5.83. The fraction of sp³-hybridized carbons (Fsp3) is 0.571. The van der Waals surface area contributed by atoms with Gasteiger partial charge in [-0.25, -0.2) is 9.59 Å². The first kappa shape index (κ1) is 13.8. The highest BCUT2D eigenvalue weighted by Gasteiger charge is 2.67. The Balaban J connectivity index is 2.12. The number of hydrogen-bond acceptors (Lipinski definition) is 5. The molecule has 5 nitrogen and oxygen atoms in total. The van der Waals surface area contributed by atoms with Gasteiger partial charge in [0.15, 0.2) is 0 Å². The van der Waals surface area contributed by atoms with Crippen LogP contribution in [0.3, 0.4) is 0 Å². The first-order valence-electron chi connectivity index (χ1n) is 6.32. The van der Waals surface area contributed by atoms with Crippen LogP contribution in [0.1, 0.15) is 25.7 Å². The van der Waals surface area contributed by atoms with Gasteiger partial charge >= 0.3 is 11.9 Å². The molecule has 2 fully saturated rings. The summed E-state index contributed by atoms with van der Waals surface area (Å²) in [6.07, 6.45) is 10.0. The van der Waals surface area contributed by atoms with Crippen LogP contribution < -0.4 is 0 Å². The number of rotatable bonds is 4. The number of epoxide rings is 1. The lowest BCUT2D eigenvalue weighted by Crippen LogP contribution is -2.27. The van der Waals surface area contributed by atoms with Crippen LogP contribution in [0.25, 0.3) is 0 Å².